The van der Waals surface area contributed by atoms with Gasteiger partial charge < -0.3 is 9.47 Å². The lowest BCUT2D eigenvalue weighted by Gasteiger charge is -2.64. The number of fused-ring (bicyclic) bond motifs is 5. The van der Waals surface area contributed by atoms with Crippen molar-refractivity contribution >= 4 is 5.97 Å². The maximum Gasteiger partial charge on any atom is 0.309 e. The molecule has 34 heavy (non-hydrogen) atoms. The van der Waals surface area contributed by atoms with Gasteiger partial charge in [-0.3, -0.25) is 4.79 Å². The number of hydrogen-bond donors (Lipinski definition) is 0. The molecular formula is C31H50O3. The van der Waals surface area contributed by atoms with Gasteiger partial charge in [0.1, 0.15) is 6.10 Å². The first-order chi connectivity index (χ1) is 15.9. The molecule has 0 aromatic carbocycles. The van der Waals surface area contributed by atoms with Gasteiger partial charge in [-0.1, -0.05) is 60.1 Å². The molecule has 4 fully saturated rings. The van der Waals surface area contributed by atoms with Crippen LogP contribution in [0.2, 0.25) is 0 Å². The van der Waals surface area contributed by atoms with Crippen LogP contribution in [0.25, 0.3) is 0 Å². The zero-order valence-electron chi connectivity index (χ0n) is 23.2. The van der Waals surface area contributed by atoms with Crippen LogP contribution in [0.5, 0.6) is 0 Å². The van der Waals surface area contributed by atoms with Gasteiger partial charge in [-0.05, 0) is 103 Å². The van der Waals surface area contributed by atoms with Crippen LogP contribution < -0.4 is 0 Å². The molecule has 0 amide bonds. The van der Waals surface area contributed by atoms with Gasteiger partial charge in [-0.2, -0.15) is 0 Å². The zero-order valence-corrected chi connectivity index (χ0v) is 23.2. The van der Waals surface area contributed by atoms with Gasteiger partial charge in [0.15, 0.2) is 0 Å². The molecule has 3 heteroatoms. The summed E-state index contributed by atoms with van der Waals surface area (Å²) < 4.78 is 11.7. The summed E-state index contributed by atoms with van der Waals surface area (Å²) in [5, 5.41) is 0. The lowest BCUT2D eigenvalue weighted by atomic mass is 9.41. The van der Waals surface area contributed by atoms with Gasteiger partial charge in [0.05, 0.1) is 12.0 Å². The van der Waals surface area contributed by atoms with Crippen LogP contribution in [0.15, 0.2) is 11.6 Å². The van der Waals surface area contributed by atoms with E-state index in [1.807, 2.05) is 19.6 Å². The standard InChI is InChI=1S/C31H50O3/c1-19(17-21-18-20(2)27(32)34-21)22-11-15-31(7)24-9-10-25-28(3,4)26(33-8)13-14-29(25,5)23(24)12-16-30(22,31)6/h9,19-23,25-26H,10-18H2,1-8H3/t19-,20+,21-,22-,23-,25+,26-,29-,30-,31+/m1/s1. The Bertz CT molecular complexity index is 859. The maximum absolute atomic E-state index is 12.0. The van der Waals surface area contributed by atoms with E-state index in [0.717, 1.165) is 24.7 Å². The van der Waals surface area contributed by atoms with Crippen molar-refractivity contribution in [1.29, 1.82) is 0 Å². The van der Waals surface area contributed by atoms with Gasteiger partial charge >= 0.3 is 5.97 Å². The minimum atomic E-state index is 0.0152. The molecule has 5 rings (SSSR count). The fourth-order valence-electron chi connectivity index (χ4n) is 10.6. The molecule has 0 radical (unpaired) electrons. The highest BCUT2D eigenvalue weighted by molar-refractivity contribution is 5.74. The van der Waals surface area contributed by atoms with Gasteiger partial charge in [-0.25, -0.2) is 0 Å². The van der Waals surface area contributed by atoms with Crippen LogP contribution in [0.4, 0.5) is 0 Å². The van der Waals surface area contributed by atoms with E-state index in [1.54, 1.807) is 0 Å². The van der Waals surface area contributed by atoms with Crippen molar-refractivity contribution in [3.63, 3.8) is 0 Å². The molecule has 5 aliphatic rings. The third-order valence-electron chi connectivity index (χ3n) is 12.7. The van der Waals surface area contributed by atoms with Gasteiger partial charge in [0, 0.05) is 7.11 Å². The molecule has 0 spiro atoms. The SMILES string of the molecule is CO[C@@H]1CC[C@]2(C)[C@@H]3CC[C@]4(C)[C@@H]([C@H](C)C[C@@H]5C[C@H](C)C(=O)O5)CC[C@@]4(C)C3=CC[C@H]2C1(C)C. The van der Waals surface area contributed by atoms with E-state index < -0.39 is 0 Å². The fourth-order valence-corrected chi connectivity index (χ4v) is 10.6. The van der Waals surface area contributed by atoms with Crippen LogP contribution in [0.3, 0.4) is 0 Å². The topological polar surface area (TPSA) is 35.5 Å². The number of carbonyl (C=O) groups excluding carboxylic acids is 1. The minimum absolute atomic E-state index is 0.0152. The van der Waals surface area contributed by atoms with Gasteiger partial charge in [-0.15, -0.1) is 0 Å². The molecule has 1 saturated heterocycles. The number of methoxy groups -OCH3 is 1. The van der Waals surface area contributed by atoms with Crippen LogP contribution in [-0.4, -0.2) is 25.3 Å². The molecule has 10 atom stereocenters. The smallest absolute Gasteiger partial charge is 0.309 e. The molecular weight excluding hydrogens is 420 g/mol. The Hall–Kier alpha value is -0.830. The monoisotopic (exact) mass is 470 g/mol. The molecule has 1 heterocycles. The Balaban J connectivity index is 1.40. The predicted molar refractivity (Wildman–Crippen MR) is 137 cm³/mol. The lowest BCUT2D eigenvalue weighted by molar-refractivity contribution is -0.145. The second-order valence-corrected chi connectivity index (χ2v) is 14.4. The minimum Gasteiger partial charge on any atom is -0.462 e. The number of carbonyl (C=O) groups is 1. The second kappa shape index (κ2) is 8.09. The van der Waals surface area contributed by atoms with Crippen molar-refractivity contribution < 1.29 is 14.3 Å². The Labute approximate surface area is 208 Å². The van der Waals surface area contributed by atoms with E-state index in [2.05, 4.69) is 47.6 Å². The first kappa shape index (κ1) is 24.8. The second-order valence-electron chi connectivity index (χ2n) is 14.4. The molecule has 0 aromatic rings. The van der Waals surface area contributed by atoms with Crippen molar-refractivity contribution in [3.05, 3.63) is 11.6 Å². The highest BCUT2D eigenvalue weighted by atomic mass is 16.5. The van der Waals surface area contributed by atoms with Gasteiger partial charge in [0.2, 0.25) is 0 Å². The summed E-state index contributed by atoms with van der Waals surface area (Å²) in [5.74, 6) is 2.86. The summed E-state index contributed by atoms with van der Waals surface area (Å²) in [6, 6.07) is 0. The third kappa shape index (κ3) is 3.27. The number of allylic oxidation sites excluding steroid dienone is 2. The Morgan fingerprint density at radius 3 is 2.47 bits per heavy atom. The first-order valence-corrected chi connectivity index (χ1v) is 14.3. The molecule has 0 aromatic heterocycles. The van der Waals surface area contributed by atoms with Gasteiger partial charge in [0.25, 0.3) is 0 Å². The Kier molecular flexibility index (Phi) is 5.91. The largest absolute Gasteiger partial charge is 0.462 e. The van der Waals surface area contributed by atoms with Crippen molar-refractivity contribution in [2.75, 3.05) is 7.11 Å². The van der Waals surface area contributed by atoms with Crippen LogP contribution in [0, 0.1) is 51.2 Å². The average Bonchev–Trinajstić information content (AvgIpc) is 3.22. The van der Waals surface area contributed by atoms with Crippen molar-refractivity contribution in [2.45, 2.75) is 118 Å². The molecule has 0 N–H and O–H groups in total. The summed E-state index contributed by atoms with van der Waals surface area (Å²) in [6.07, 6.45) is 14.3. The molecule has 192 valence electrons. The predicted octanol–water partition coefficient (Wildman–Crippen LogP) is 7.58. The zero-order chi connectivity index (χ0) is 24.7. The lowest BCUT2D eigenvalue weighted by Crippen LogP contribution is -2.58. The molecule has 4 aliphatic carbocycles. The van der Waals surface area contributed by atoms with Crippen LogP contribution >= 0.6 is 0 Å². The molecule has 3 saturated carbocycles. The normalized spacial score (nSPS) is 50.6. The number of cyclic esters (lactones) is 1. The van der Waals surface area contributed by atoms with Crippen molar-refractivity contribution in [3.8, 4) is 0 Å². The van der Waals surface area contributed by atoms with E-state index in [1.165, 1.54) is 44.9 Å². The number of hydrogen-bond acceptors (Lipinski definition) is 3. The summed E-state index contributed by atoms with van der Waals surface area (Å²) in [6.45, 7) is 17.3. The van der Waals surface area contributed by atoms with E-state index in [0.29, 0.717) is 34.2 Å². The van der Waals surface area contributed by atoms with Crippen LogP contribution in [0.1, 0.15) is 106 Å². The van der Waals surface area contributed by atoms with E-state index in [4.69, 9.17) is 9.47 Å². The molecule has 0 bridgehead atoms. The Morgan fingerprint density at radius 2 is 1.82 bits per heavy atom. The molecule has 0 unspecified atom stereocenters. The molecule has 3 nitrogen and oxygen atoms in total. The maximum atomic E-state index is 12.0. The molecule has 1 aliphatic heterocycles. The average molecular weight is 471 g/mol. The number of esters is 1. The Morgan fingerprint density at radius 1 is 1.09 bits per heavy atom. The van der Waals surface area contributed by atoms with Crippen molar-refractivity contribution in [1.82, 2.24) is 0 Å². The fraction of sp³-hybridized carbons (Fsp3) is 0.903. The number of ether oxygens (including phenoxy) is 2. The highest BCUT2D eigenvalue weighted by Crippen LogP contribution is 2.73. The summed E-state index contributed by atoms with van der Waals surface area (Å²) >= 11 is 0. The quantitative estimate of drug-likeness (QED) is 0.314. The van der Waals surface area contributed by atoms with E-state index >= 15 is 0 Å². The highest BCUT2D eigenvalue weighted by Gasteiger charge is 2.65. The first-order valence-electron chi connectivity index (χ1n) is 14.3. The van der Waals surface area contributed by atoms with E-state index in [-0.39, 0.29) is 23.4 Å². The number of rotatable bonds is 4. The van der Waals surface area contributed by atoms with E-state index in [9.17, 15) is 4.79 Å². The third-order valence-corrected chi connectivity index (χ3v) is 12.7. The van der Waals surface area contributed by atoms with Crippen LogP contribution in [-0.2, 0) is 14.3 Å². The summed E-state index contributed by atoms with van der Waals surface area (Å²) in [4.78, 5) is 12.0. The summed E-state index contributed by atoms with van der Waals surface area (Å²) in [7, 11) is 1.92. The van der Waals surface area contributed by atoms with Crippen molar-refractivity contribution in [2.24, 2.45) is 51.2 Å². The summed E-state index contributed by atoms with van der Waals surface area (Å²) in [5.41, 5.74) is 3.11.